The maximum Gasteiger partial charge on any atom is 0.130 e. The van der Waals surface area contributed by atoms with Gasteiger partial charge in [-0.3, -0.25) is 4.98 Å². The van der Waals surface area contributed by atoms with Gasteiger partial charge in [0.25, 0.3) is 0 Å². The normalized spacial score (nSPS) is 12.6. The average Bonchev–Trinajstić information content (AvgIpc) is 2.89. The molecule has 18 heavy (non-hydrogen) atoms. The van der Waals surface area contributed by atoms with E-state index in [9.17, 15) is 0 Å². The molecule has 0 radical (unpaired) electrons. The molecule has 4 nitrogen and oxygen atoms in total. The number of hydrogen-bond acceptors (Lipinski definition) is 3. The van der Waals surface area contributed by atoms with Crippen LogP contribution in [0.2, 0.25) is 0 Å². The first-order valence-electron chi connectivity index (χ1n) is 6.51. The summed E-state index contributed by atoms with van der Waals surface area (Å²) >= 11 is 0. The van der Waals surface area contributed by atoms with Gasteiger partial charge >= 0.3 is 0 Å². The van der Waals surface area contributed by atoms with Gasteiger partial charge in [-0.1, -0.05) is 13.0 Å². The Morgan fingerprint density at radius 3 is 2.89 bits per heavy atom. The summed E-state index contributed by atoms with van der Waals surface area (Å²) in [5.74, 6) is 1.05. The molecular weight excluding hydrogens is 224 g/mol. The zero-order chi connectivity index (χ0) is 12.8. The number of imidazole rings is 1. The van der Waals surface area contributed by atoms with Gasteiger partial charge in [-0.05, 0) is 31.5 Å². The number of nitrogens with one attached hydrogen (secondary N) is 1. The van der Waals surface area contributed by atoms with Gasteiger partial charge in [-0.2, -0.15) is 0 Å². The number of pyridine rings is 1. The second kappa shape index (κ2) is 6.31. The number of rotatable bonds is 6. The summed E-state index contributed by atoms with van der Waals surface area (Å²) in [5.41, 5.74) is 1.16. The molecule has 0 spiro atoms. The van der Waals surface area contributed by atoms with Gasteiger partial charge in [0.1, 0.15) is 5.82 Å². The van der Waals surface area contributed by atoms with Crippen LogP contribution in [0.1, 0.15) is 37.7 Å². The maximum absolute atomic E-state index is 4.49. The standard InChI is InChI=1S/C14H20N4/c1-3-7-16-13(12-6-5-8-15-11-12)14-17-9-10-18(14)4-2/h5-6,8-11,13,16H,3-4,7H2,1-2H3. The molecule has 1 atom stereocenters. The third-order valence-electron chi connectivity index (χ3n) is 2.96. The quantitative estimate of drug-likeness (QED) is 0.848. The van der Waals surface area contributed by atoms with Crippen LogP contribution >= 0.6 is 0 Å². The van der Waals surface area contributed by atoms with E-state index in [1.165, 1.54) is 0 Å². The molecule has 1 unspecified atom stereocenters. The van der Waals surface area contributed by atoms with Crippen molar-refractivity contribution in [1.29, 1.82) is 0 Å². The molecule has 0 saturated carbocycles. The molecule has 2 aromatic heterocycles. The molecule has 0 aliphatic rings. The smallest absolute Gasteiger partial charge is 0.130 e. The summed E-state index contributed by atoms with van der Waals surface area (Å²) in [5, 5.41) is 3.54. The lowest BCUT2D eigenvalue weighted by atomic mass is 10.1. The number of hydrogen-bond donors (Lipinski definition) is 1. The Morgan fingerprint density at radius 2 is 2.22 bits per heavy atom. The van der Waals surface area contributed by atoms with Crippen LogP contribution in [0, 0.1) is 0 Å². The van der Waals surface area contributed by atoms with E-state index in [1.54, 1.807) is 6.20 Å². The van der Waals surface area contributed by atoms with E-state index < -0.39 is 0 Å². The predicted octanol–water partition coefficient (Wildman–Crippen LogP) is 2.39. The highest BCUT2D eigenvalue weighted by atomic mass is 15.1. The fourth-order valence-corrected chi connectivity index (χ4v) is 2.04. The molecule has 0 fully saturated rings. The van der Waals surface area contributed by atoms with E-state index >= 15 is 0 Å². The van der Waals surface area contributed by atoms with Crippen LogP contribution in [0.25, 0.3) is 0 Å². The Labute approximate surface area is 108 Å². The largest absolute Gasteiger partial charge is 0.334 e. The summed E-state index contributed by atoms with van der Waals surface area (Å²) in [4.78, 5) is 8.69. The molecule has 4 heteroatoms. The van der Waals surface area contributed by atoms with E-state index in [-0.39, 0.29) is 6.04 Å². The van der Waals surface area contributed by atoms with Crippen molar-refractivity contribution in [1.82, 2.24) is 19.9 Å². The first kappa shape index (κ1) is 12.8. The first-order valence-corrected chi connectivity index (χ1v) is 6.51. The number of nitrogens with zero attached hydrogens (tertiary/aromatic N) is 3. The van der Waals surface area contributed by atoms with Gasteiger partial charge in [0.05, 0.1) is 6.04 Å². The third kappa shape index (κ3) is 2.76. The Morgan fingerprint density at radius 1 is 1.33 bits per heavy atom. The zero-order valence-corrected chi connectivity index (χ0v) is 11.0. The monoisotopic (exact) mass is 244 g/mol. The molecule has 1 N–H and O–H groups in total. The topological polar surface area (TPSA) is 42.7 Å². The summed E-state index contributed by atoms with van der Waals surface area (Å²) in [6, 6.07) is 4.18. The van der Waals surface area contributed by atoms with Crippen LogP contribution in [0.15, 0.2) is 36.9 Å². The molecule has 0 bridgehead atoms. The molecule has 0 aliphatic carbocycles. The van der Waals surface area contributed by atoms with Gasteiger partial charge < -0.3 is 9.88 Å². The summed E-state index contributed by atoms with van der Waals surface area (Å²) in [6.07, 6.45) is 8.68. The van der Waals surface area contributed by atoms with Gasteiger partial charge in [0.2, 0.25) is 0 Å². The van der Waals surface area contributed by atoms with Gasteiger partial charge in [-0.15, -0.1) is 0 Å². The molecule has 2 aromatic rings. The molecular formula is C14H20N4. The third-order valence-corrected chi connectivity index (χ3v) is 2.96. The lowest BCUT2D eigenvalue weighted by molar-refractivity contribution is 0.540. The maximum atomic E-state index is 4.49. The van der Waals surface area contributed by atoms with Crippen LogP contribution in [0.5, 0.6) is 0 Å². The predicted molar refractivity (Wildman–Crippen MR) is 72.3 cm³/mol. The lowest BCUT2D eigenvalue weighted by Crippen LogP contribution is -2.26. The van der Waals surface area contributed by atoms with Crippen molar-refractivity contribution in [2.45, 2.75) is 32.9 Å². The zero-order valence-electron chi connectivity index (χ0n) is 11.0. The van der Waals surface area contributed by atoms with E-state index in [4.69, 9.17) is 0 Å². The molecule has 0 aliphatic heterocycles. The fraction of sp³-hybridized carbons (Fsp3) is 0.429. The van der Waals surface area contributed by atoms with Gasteiger partial charge in [0.15, 0.2) is 0 Å². The molecule has 2 rings (SSSR count). The lowest BCUT2D eigenvalue weighted by Gasteiger charge is -2.19. The van der Waals surface area contributed by atoms with Crippen molar-refractivity contribution < 1.29 is 0 Å². The van der Waals surface area contributed by atoms with Crippen molar-refractivity contribution in [3.05, 3.63) is 48.3 Å². The highest BCUT2D eigenvalue weighted by Gasteiger charge is 2.17. The Kier molecular flexibility index (Phi) is 4.47. The van der Waals surface area contributed by atoms with E-state index in [0.29, 0.717) is 0 Å². The van der Waals surface area contributed by atoms with Crippen LogP contribution in [-0.4, -0.2) is 21.1 Å². The molecule has 0 amide bonds. The van der Waals surface area contributed by atoms with Gasteiger partial charge in [-0.25, -0.2) is 4.98 Å². The summed E-state index contributed by atoms with van der Waals surface area (Å²) < 4.78 is 2.17. The SMILES string of the molecule is CCCNC(c1cccnc1)c1nccn1CC. The van der Waals surface area contributed by atoms with E-state index in [0.717, 1.165) is 30.9 Å². The van der Waals surface area contributed by atoms with Crippen molar-refractivity contribution in [3.8, 4) is 0 Å². The van der Waals surface area contributed by atoms with E-state index in [2.05, 4.69) is 39.8 Å². The van der Waals surface area contributed by atoms with Crippen molar-refractivity contribution >= 4 is 0 Å². The minimum atomic E-state index is 0.119. The van der Waals surface area contributed by atoms with Crippen molar-refractivity contribution in [3.63, 3.8) is 0 Å². The number of aryl methyl sites for hydroxylation is 1. The highest BCUT2D eigenvalue weighted by Crippen LogP contribution is 2.19. The Bertz CT molecular complexity index is 464. The summed E-state index contributed by atoms with van der Waals surface area (Å²) in [6.45, 7) is 6.20. The van der Waals surface area contributed by atoms with E-state index in [1.807, 2.05) is 24.7 Å². The van der Waals surface area contributed by atoms with Crippen LogP contribution < -0.4 is 5.32 Å². The molecule has 2 heterocycles. The molecule has 0 saturated heterocycles. The second-order valence-corrected chi connectivity index (χ2v) is 4.24. The van der Waals surface area contributed by atoms with Crippen molar-refractivity contribution in [2.75, 3.05) is 6.54 Å². The molecule has 0 aromatic carbocycles. The highest BCUT2D eigenvalue weighted by molar-refractivity contribution is 5.22. The Hall–Kier alpha value is -1.68. The molecule has 96 valence electrons. The number of aromatic nitrogens is 3. The average molecular weight is 244 g/mol. The van der Waals surface area contributed by atoms with Gasteiger partial charge in [0, 0.05) is 31.3 Å². The second-order valence-electron chi connectivity index (χ2n) is 4.24. The minimum absolute atomic E-state index is 0.119. The minimum Gasteiger partial charge on any atom is -0.334 e. The first-order chi connectivity index (χ1) is 8.86. The van der Waals surface area contributed by atoms with Crippen LogP contribution in [-0.2, 0) is 6.54 Å². The van der Waals surface area contributed by atoms with Crippen LogP contribution in [0.3, 0.4) is 0 Å². The van der Waals surface area contributed by atoms with Crippen molar-refractivity contribution in [2.24, 2.45) is 0 Å². The summed E-state index contributed by atoms with van der Waals surface area (Å²) in [7, 11) is 0. The Balaban J connectivity index is 2.31. The fourth-order valence-electron chi connectivity index (χ4n) is 2.04. The van der Waals surface area contributed by atoms with Crippen LogP contribution in [0.4, 0.5) is 0 Å².